The lowest BCUT2D eigenvalue weighted by atomic mass is 10.1. The molecule has 1 heterocycles. The molecule has 0 aromatic heterocycles. The van der Waals surface area contributed by atoms with Crippen molar-refractivity contribution in [2.24, 2.45) is 0 Å². The molecule has 5 heteroatoms. The van der Waals surface area contributed by atoms with Crippen LogP contribution in [0.4, 0.5) is 5.69 Å². The zero-order valence-electron chi connectivity index (χ0n) is 17.4. The second-order valence-corrected chi connectivity index (χ2v) is 7.74. The van der Waals surface area contributed by atoms with Crippen LogP contribution < -0.4 is 10.1 Å². The van der Waals surface area contributed by atoms with E-state index >= 15 is 0 Å². The van der Waals surface area contributed by atoms with Crippen molar-refractivity contribution < 1.29 is 14.3 Å². The molecular formula is C24H30N2O3. The number of nitrogens with zero attached hydrogens (tertiary/aromatic N) is 1. The van der Waals surface area contributed by atoms with Gasteiger partial charge in [0.2, 0.25) is 11.8 Å². The van der Waals surface area contributed by atoms with Gasteiger partial charge in [-0.25, -0.2) is 0 Å². The Bertz CT molecular complexity index is 863. The molecule has 1 N–H and O–H groups in total. The average Bonchev–Trinajstić information content (AvgIpc) is 3.09. The van der Waals surface area contributed by atoms with Crippen LogP contribution in [0.3, 0.4) is 0 Å². The van der Waals surface area contributed by atoms with Crippen LogP contribution in [0, 0.1) is 13.8 Å². The number of amides is 2. The third-order valence-corrected chi connectivity index (χ3v) is 5.15. The molecule has 2 amide bonds. The molecule has 154 valence electrons. The van der Waals surface area contributed by atoms with E-state index in [1.807, 2.05) is 42.2 Å². The molecule has 0 spiro atoms. The van der Waals surface area contributed by atoms with Crippen LogP contribution in [0.2, 0.25) is 0 Å². The molecule has 0 aliphatic carbocycles. The van der Waals surface area contributed by atoms with Crippen molar-refractivity contribution in [1.29, 1.82) is 0 Å². The summed E-state index contributed by atoms with van der Waals surface area (Å²) in [6, 6.07) is 13.9. The number of hydrogen-bond acceptors (Lipinski definition) is 3. The van der Waals surface area contributed by atoms with Gasteiger partial charge in [-0.1, -0.05) is 24.3 Å². The molecular weight excluding hydrogens is 364 g/mol. The monoisotopic (exact) mass is 394 g/mol. The largest absolute Gasteiger partial charge is 0.493 e. The lowest BCUT2D eigenvalue weighted by molar-refractivity contribution is -0.128. The van der Waals surface area contributed by atoms with Gasteiger partial charge in [0.25, 0.3) is 0 Å². The van der Waals surface area contributed by atoms with E-state index in [9.17, 15) is 9.59 Å². The molecule has 2 aromatic carbocycles. The third kappa shape index (κ3) is 6.34. The summed E-state index contributed by atoms with van der Waals surface area (Å²) in [7, 11) is 0. The van der Waals surface area contributed by atoms with Gasteiger partial charge >= 0.3 is 0 Å². The molecule has 0 atom stereocenters. The standard InChI is InChI=1S/C24H30N2O3/c1-18-11-12-19(2)22(15-18)29-14-4-3-9-23(27)25-21-8-5-7-20(16-21)17-26-13-6-10-24(26)28/h5,7-8,11-12,15-16H,3-4,6,9-10,13-14,17H2,1-2H3,(H,25,27). The van der Waals surface area contributed by atoms with Crippen molar-refractivity contribution in [2.45, 2.75) is 52.5 Å². The Hall–Kier alpha value is -2.82. The first-order valence-corrected chi connectivity index (χ1v) is 10.4. The Morgan fingerprint density at radius 1 is 1.14 bits per heavy atom. The van der Waals surface area contributed by atoms with E-state index < -0.39 is 0 Å². The molecule has 0 radical (unpaired) electrons. The van der Waals surface area contributed by atoms with E-state index in [2.05, 4.69) is 24.4 Å². The number of benzene rings is 2. The van der Waals surface area contributed by atoms with Crippen LogP contribution in [-0.4, -0.2) is 29.9 Å². The zero-order valence-corrected chi connectivity index (χ0v) is 17.4. The maximum Gasteiger partial charge on any atom is 0.224 e. The number of ether oxygens (including phenoxy) is 1. The van der Waals surface area contributed by atoms with Crippen molar-refractivity contribution in [3.63, 3.8) is 0 Å². The van der Waals surface area contributed by atoms with Gasteiger partial charge in [0, 0.05) is 31.6 Å². The number of anilines is 1. The quantitative estimate of drug-likeness (QED) is 0.632. The Morgan fingerprint density at radius 2 is 2.00 bits per heavy atom. The number of nitrogens with one attached hydrogen (secondary N) is 1. The summed E-state index contributed by atoms with van der Waals surface area (Å²) >= 11 is 0. The average molecular weight is 395 g/mol. The molecule has 29 heavy (non-hydrogen) atoms. The first kappa shape index (κ1) is 20.9. The van der Waals surface area contributed by atoms with E-state index in [-0.39, 0.29) is 11.8 Å². The van der Waals surface area contributed by atoms with E-state index in [0.717, 1.165) is 48.4 Å². The first-order valence-electron chi connectivity index (χ1n) is 10.4. The minimum absolute atomic E-state index is 0.00568. The molecule has 1 aliphatic rings. The van der Waals surface area contributed by atoms with Crippen molar-refractivity contribution in [2.75, 3.05) is 18.5 Å². The maximum absolute atomic E-state index is 12.2. The summed E-state index contributed by atoms with van der Waals surface area (Å²) in [5.41, 5.74) is 4.14. The van der Waals surface area contributed by atoms with E-state index in [1.165, 1.54) is 5.56 Å². The van der Waals surface area contributed by atoms with Crippen molar-refractivity contribution in [3.8, 4) is 5.75 Å². The number of aryl methyl sites for hydroxylation is 2. The number of likely N-dealkylation sites (tertiary alicyclic amines) is 1. The number of hydrogen-bond donors (Lipinski definition) is 1. The highest BCUT2D eigenvalue weighted by Crippen LogP contribution is 2.20. The number of rotatable bonds is 9. The highest BCUT2D eigenvalue weighted by Gasteiger charge is 2.20. The second-order valence-electron chi connectivity index (χ2n) is 7.74. The van der Waals surface area contributed by atoms with Crippen molar-refractivity contribution >= 4 is 17.5 Å². The zero-order chi connectivity index (χ0) is 20.6. The molecule has 1 saturated heterocycles. The number of carbonyl (C=O) groups excluding carboxylic acids is 2. The van der Waals surface area contributed by atoms with Gasteiger partial charge in [0.1, 0.15) is 5.75 Å². The smallest absolute Gasteiger partial charge is 0.224 e. The molecule has 5 nitrogen and oxygen atoms in total. The Morgan fingerprint density at radius 3 is 2.79 bits per heavy atom. The lowest BCUT2D eigenvalue weighted by Gasteiger charge is -2.16. The van der Waals surface area contributed by atoms with E-state index in [1.54, 1.807) is 0 Å². The van der Waals surface area contributed by atoms with Crippen LogP contribution in [-0.2, 0) is 16.1 Å². The normalized spacial score (nSPS) is 13.6. The topological polar surface area (TPSA) is 58.6 Å². The van der Waals surface area contributed by atoms with Gasteiger partial charge < -0.3 is 15.0 Å². The summed E-state index contributed by atoms with van der Waals surface area (Å²) in [6.45, 7) is 6.12. The summed E-state index contributed by atoms with van der Waals surface area (Å²) in [5, 5.41) is 2.96. The molecule has 0 saturated carbocycles. The van der Waals surface area contributed by atoms with Gasteiger partial charge in [-0.05, 0) is 68.0 Å². The third-order valence-electron chi connectivity index (χ3n) is 5.15. The Labute approximate surface area is 173 Å². The predicted molar refractivity (Wildman–Crippen MR) is 115 cm³/mol. The minimum Gasteiger partial charge on any atom is -0.493 e. The lowest BCUT2D eigenvalue weighted by Crippen LogP contribution is -2.23. The summed E-state index contributed by atoms with van der Waals surface area (Å²) in [4.78, 5) is 25.9. The van der Waals surface area contributed by atoms with Crippen LogP contribution in [0.5, 0.6) is 5.75 Å². The summed E-state index contributed by atoms with van der Waals surface area (Å²) in [5.74, 6) is 1.14. The maximum atomic E-state index is 12.2. The van der Waals surface area contributed by atoms with Crippen LogP contribution in [0.1, 0.15) is 48.8 Å². The second kappa shape index (κ2) is 10.1. The van der Waals surface area contributed by atoms with Crippen LogP contribution in [0.15, 0.2) is 42.5 Å². The molecule has 0 unspecified atom stereocenters. The molecule has 2 aromatic rings. The predicted octanol–water partition coefficient (Wildman–Crippen LogP) is 4.61. The highest BCUT2D eigenvalue weighted by atomic mass is 16.5. The van der Waals surface area contributed by atoms with Gasteiger partial charge in [-0.15, -0.1) is 0 Å². The van der Waals surface area contributed by atoms with Gasteiger partial charge in [0.05, 0.1) is 6.61 Å². The molecule has 1 fully saturated rings. The summed E-state index contributed by atoms with van der Waals surface area (Å²) in [6.07, 6.45) is 3.65. The van der Waals surface area contributed by atoms with Gasteiger partial charge in [0.15, 0.2) is 0 Å². The van der Waals surface area contributed by atoms with Crippen LogP contribution >= 0.6 is 0 Å². The minimum atomic E-state index is 0.00568. The molecule has 0 bridgehead atoms. The van der Waals surface area contributed by atoms with Crippen molar-refractivity contribution in [1.82, 2.24) is 4.90 Å². The van der Waals surface area contributed by atoms with Crippen molar-refractivity contribution in [3.05, 3.63) is 59.2 Å². The Balaban J connectivity index is 1.38. The molecule has 3 rings (SSSR count). The molecule has 1 aliphatic heterocycles. The summed E-state index contributed by atoms with van der Waals surface area (Å²) < 4.78 is 5.84. The Kier molecular flexibility index (Phi) is 7.28. The number of unbranched alkanes of at least 4 members (excludes halogenated alkanes) is 1. The SMILES string of the molecule is Cc1ccc(C)c(OCCCCC(=O)Nc2cccc(CN3CCCC3=O)c2)c1. The first-order chi connectivity index (χ1) is 14.0. The van der Waals surface area contributed by atoms with Gasteiger partial charge in [-0.2, -0.15) is 0 Å². The van der Waals surface area contributed by atoms with E-state index in [4.69, 9.17) is 4.74 Å². The van der Waals surface area contributed by atoms with E-state index in [0.29, 0.717) is 26.0 Å². The fraction of sp³-hybridized carbons (Fsp3) is 0.417. The highest BCUT2D eigenvalue weighted by molar-refractivity contribution is 5.90. The van der Waals surface area contributed by atoms with Gasteiger partial charge in [-0.3, -0.25) is 9.59 Å². The van der Waals surface area contributed by atoms with Crippen LogP contribution in [0.25, 0.3) is 0 Å². The fourth-order valence-electron chi connectivity index (χ4n) is 3.50. The number of carbonyl (C=O) groups is 2. The fourth-order valence-corrected chi connectivity index (χ4v) is 3.50.